The Labute approximate surface area is 156 Å². The molecule has 1 aromatic rings. The molecule has 1 aromatic carbocycles. The second kappa shape index (κ2) is 8.73. The van der Waals surface area contributed by atoms with E-state index in [1.165, 1.54) is 38.5 Å². The predicted molar refractivity (Wildman–Crippen MR) is 99.6 cm³/mol. The Hall–Kier alpha value is -1.79. The Morgan fingerprint density at radius 1 is 1.19 bits per heavy atom. The van der Waals surface area contributed by atoms with Crippen molar-refractivity contribution in [3.63, 3.8) is 0 Å². The summed E-state index contributed by atoms with van der Waals surface area (Å²) in [5.74, 6) is 0.799. The van der Waals surface area contributed by atoms with Crippen molar-refractivity contribution < 1.29 is 19.0 Å². The smallest absolute Gasteiger partial charge is 0.343 e. The number of piperidine rings is 1. The maximum absolute atomic E-state index is 11.2. The number of carbonyl (C=O) groups is 1. The summed E-state index contributed by atoms with van der Waals surface area (Å²) in [6, 6.07) is 7.31. The molecule has 26 heavy (non-hydrogen) atoms. The molecule has 0 radical (unpaired) electrons. The number of ether oxygens (including phenoxy) is 3. The second-order valence-corrected chi connectivity index (χ2v) is 7.28. The van der Waals surface area contributed by atoms with E-state index in [0.29, 0.717) is 17.5 Å². The molecule has 0 aromatic heterocycles. The number of likely N-dealkylation sites (tertiary alicyclic amines) is 2. The van der Waals surface area contributed by atoms with Crippen LogP contribution in [0.1, 0.15) is 31.7 Å². The number of esters is 1. The topological polar surface area (TPSA) is 51.2 Å². The molecule has 1 unspecified atom stereocenters. The molecule has 2 heterocycles. The van der Waals surface area contributed by atoms with Crippen LogP contribution in [0.5, 0.6) is 11.5 Å². The van der Waals surface area contributed by atoms with Gasteiger partial charge >= 0.3 is 5.97 Å². The van der Waals surface area contributed by atoms with Gasteiger partial charge in [-0.1, -0.05) is 12.5 Å². The molecule has 0 saturated carbocycles. The summed E-state index contributed by atoms with van der Waals surface area (Å²) in [6.07, 6.45) is 4.05. The third-order valence-corrected chi connectivity index (χ3v) is 5.47. The third-order valence-electron chi connectivity index (χ3n) is 5.47. The molecule has 0 amide bonds. The minimum atomic E-state index is -0.408. The van der Waals surface area contributed by atoms with Gasteiger partial charge in [0.1, 0.15) is 0 Å². The zero-order valence-electron chi connectivity index (χ0n) is 16.1. The Morgan fingerprint density at radius 3 is 2.69 bits per heavy atom. The van der Waals surface area contributed by atoms with Gasteiger partial charge in [-0.15, -0.1) is 0 Å². The molecule has 144 valence electrons. The summed E-state index contributed by atoms with van der Waals surface area (Å²) < 4.78 is 15.5. The minimum absolute atomic E-state index is 0.117. The summed E-state index contributed by atoms with van der Waals surface area (Å²) >= 11 is 0. The van der Waals surface area contributed by atoms with E-state index in [1.54, 1.807) is 7.11 Å². The highest BCUT2D eigenvalue weighted by atomic mass is 16.6. The number of methoxy groups -OCH3 is 2. The van der Waals surface area contributed by atoms with Crippen LogP contribution in [0.25, 0.3) is 0 Å². The van der Waals surface area contributed by atoms with Crippen LogP contribution >= 0.6 is 0 Å². The van der Waals surface area contributed by atoms with Gasteiger partial charge in [-0.2, -0.15) is 0 Å². The maximum atomic E-state index is 11.2. The molecule has 6 nitrogen and oxygen atoms in total. The van der Waals surface area contributed by atoms with Crippen LogP contribution in [0.3, 0.4) is 0 Å². The van der Waals surface area contributed by atoms with E-state index in [-0.39, 0.29) is 6.61 Å². The summed E-state index contributed by atoms with van der Waals surface area (Å²) in [6.45, 7) is 6.67. The van der Waals surface area contributed by atoms with Crippen molar-refractivity contribution in [2.75, 3.05) is 40.5 Å². The van der Waals surface area contributed by atoms with Crippen LogP contribution in [0.4, 0.5) is 0 Å². The van der Waals surface area contributed by atoms with Crippen molar-refractivity contribution in [3.8, 4) is 11.5 Å². The Balaban J connectivity index is 1.52. The lowest BCUT2D eigenvalue weighted by Gasteiger charge is -2.49. The van der Waals surface area contributed by atoms with Crippen molar-refractivity contribution in [2.45, 2.75) is 44.8 Å². The lowest BCUT2D eigenvalue weighted by atomic mass is 9.97. The summed E-state index contributed by atoms with van der Waals surface area (Å²) in [7, 11) is 2.96. The summed E-state index contributed by atoms with van der Waals surface area (Å²) in [5, 5.41) is 0. The van der Waals surface area contributed by atoms with Crippen LogP contribution in [-0.2, 0) is 16.1 Å². The average Bonchev–Trinajstić information content (AvgIpc) is 2.63. The third kappa shape index (κ3) is 4.48. The quantitative estimate of drug-likeness (QED) is 0.694. The van der Waals surface area contributed by atoms with Crippen LogP contribution in [0.15, 0.2) is 18.2 Å². The van der Waals surface area contributed by atoms with Gasteiger partial charge in [0.05, 0.1) is 14.2 Å². The van der Waals surface area contributed by atoms with E-state index >= 15 is 0 Å². The molecule has 2 fully saturated rings. The molecule has 0 N–H and O–H groups in total. The fourth-order valence-electron chi connectivity index (χ4n) is 3.93. The van der Waals surface area contributed by atoms with E-state index < -0.39 is 5.97 Å². The molecule has 6 heteroatoms. The van der Waals surface area contributed by atoms with Crippen LogP contribution < -0.4 is 9.47 Å². The van der Waals surface area contributed by atoms with E-state index in [9.17, 15) is 4.79 Å². The van der Waals surface area contributed by atoms with E-state index in [1.807, 2.05) is 18.2 Å². The van der Waals surface area contributed by atoms with Crippen LogP contribution in [-0.4, -0.2) is 68.3 Å². The molecule has 0 bridgehead atoms. The van der Waals surface area contributed by atoms with Crippen molar-refractivity contribution in [1.29, 1.82) is 0 Å². The van der Waals surface area contributed by atoms with E-state index in [0.717, 1.165) is 25.7 Å². The Bertz CT molecular complexity index is 616. The fraction of sp³-hybridized carbons (Fsp3) is 0.650. The largest absolute Gasteiger partial charge is 0.493 e. The highest BCUT2D eigenvalue weighted by Gasteiger charge is 2.34. The summed E-state index contributed by atoms with van der Waals surface area (Å²) in [5.41, 5.74) is 1.19. The second-order valence-electron chi connectivity index (χ2n) is 7.28. The zero-order chi connectivity index (χ0) is 18.5. The first-order chi connectivity index (χ1) is 12.6. The molecule has 2 saturated heterocycles. The van der Waals surface area contributed by atoms with Gasteiger partial charge in [0, 0.05) is 31.7 Å². The predicted octanol–water partition coefficient (Wildman–Crippen LogP) is 2.31. The van der Waals surface area contributed by atoms with Crippen molar-refractivity contribution >= 4 is 5.97 Å². The average molecular weight is 362 g/mol. The molecular formula is C20H30N2O4. The van der Waals surface area contributed by atoms with Gasteiger partial charge < -0.3 is 14.2 Å². The Morgan fingerprint density at radius 2 is 2.00 bits per heavy atom. The molecule has 2 aliphatic rings. The number of benzene rings is 1. The zero-order valence-corrected chi connectivity index (χ0v) is 16.1. The minimum Gasteiger partial charge on any atom is -0.493 e. The van der Waals surface area contributed by atoms with Crippen molar-refractivity contribution in [2.24, 2.45) is 0 Å². The number of nitrogens with zero attached hydrogens (tertiary/aromatic N) is 2. The molecule has 0 aliphatic carbocycles. The molecule has 0 spiro atoms. The highest BCUT2D eigenvalue weighted by Crippen LogP contribution is 2.30. The van der Waals surface area contributed by atoms with Gasteiger partial charge in [0.2, 0.25) is 0 Å². The van der Waals surface area contributed by atoms with Crippen molar-refractivity contribution in [1.82, 2.24) is 9.80 Å². The maximum Gasteiger partial charge on any atom is 0.343 e. The monoisotopic (exact) mass is 362 g/mol. The number of hydrogen-bond acceptors (Lipinski definition) is 6. The Kier molecular flexibility index (Phi) is 6.38. The molecule has 2 aliphatic heterocycles. The van der Waals surface area contributed by atoms with Gasteiger partial charge in [-0.3, -0.25) is 9.80 Å². The highest BCUT2D eigenvalue weighted by molar-refractivity contribution is 5.71. The lowest BCUT2D eigenvalue weighted by Crippen LogP contribution is -2.61. The number of rotatable bonds is 7. The van der Waals surface area contributed by atoms with Crippen molar-refractivity contribution in [3.05, 3.63) is 23.8 Å². The van der Waals surface area contributed by atoms with E-state index in [4.69, 9.17) is 9.47 Å². The normalized spacial score (nSPS) is 21.9. The van der Waals surface area contributed by atoms with E-state index in [2.05, 4.69) is 21.5 Å². The van der Waals surface area contributed by atoms with Gasteiger partial charge in [0.15, 0.2) is 18.1 Å². The summed E-state index contributed by atoms with van der Waals surface area (Å²) in [4.78, 5) is 16.4. The van der Waals surface area contributed by atoms with Gasteiger partial charge in [-0.25, -0.2) is 4.79 Å². The first-order valence-electron chi connectivity index (χ1n) is 9.45. The molecule has 3 rings (SSSR count). The van der Waals surface area contributed by atoms with Gasteiger partial charge in [0.25, 0.3) is 0 Å². The first kappa shape index (κ1) is 19.0. The fourth-order valence-corrected chi connectivity index (χ4v) is 3.93. The molecule has 1 atom stereocenters. The number of carbonyl (C=O) groups excluding carboxylic acids is 1. The lowest BCUT2D eigenvalue weighted by molar-refractivity contribution is -0.142. The molecular weight excluding hydrogens is 332 g/mol. The standard InChI is InChI=1S/C20H30N2O4/c1-15-6-4-5-9-22(15)17-12-21(13-17)11-16-7-8-18(19(10-16)24-2)26-14-20(23)25-3/h7-8,10,15,17H,4-6,9,11-14H2,1-3H3. The SMILES string of the molecule is COC(=O)COc1ccc(CN2CC(N3CCCCC3C)C2)cc1OC. The van der Waals surface area contributed by atoms with Gasteiger partial charge in [-0.05, 0) is 44.0 Å². The first-order valence-corrected chi connectivity index (χ1v) is 9.45. The number of hydrogen-bond donors (Lipinski definition) is 0. The van der Waals surface area contributed by atoms with Crippen LogP contribution in [0, 0.1) is 0 Å². The van der Waals surface area contributed by atoms with Crippen LogP contribution in [0.2, 0.25) is 0 Å².